The second kappa shape index (κ2) is 4.83. The van der Waals surface area contributed by atoms with E-state index < -0.39 is 6.10 Å². The van der Waals surface area contributed by atoms with Crippen LogP contribution in [0.2, 0.25) is 0 Å². The lowest BCUT2D eigenvalue weighted by Crippen LogP contribution is -2.24. The molecule has 0 radical (unpaired) electrons. The molecule has 2 heterocycles. The number of aryl methyl sites for hydroxylation is 1. The van der Waals surface area contributed by atoms with Crippen LogP contribution in [0.5, 0.6) is 0 Å². The Morgan fingerprint density at radius 3 is 3.05 bits per heavy atom. The van der Waals surface area contributed by atoms with Crippen molar-refractivity contribution in [3.63, 3.8) is 0 Å². The molecule has 1 unspecified atom stereocenters. The van der Waals surface area contributed by atoms with Crippen molar-refractivity contribution in [3.05, 3.63) is 40.4 Å². The summed E-state index contributed by atoms with van der Waals surface area (Å²) in [4.78, 5) is 7.05. The zero-order chi connectivity index (χ0) is 13.4. The van der Waals surface area contributed by atoms with Gasteiger partial charge < -0.3 is 15.7 Å². The minimum Gasteiger partial charge on any atom is -0.383 e. The number of nitrogen functional groups attached to an aromatic ring is 1. The number of aromatic nitrogens is 1. The average Bonchev–Trinajstić information content (AvgIpc) is 2.84. The van der Waals surface area contributed by atoms with E-state index in [1.165, 1.54) is 22.6 Å². The van der Waals surface area contributed by atoms with E-state index in [1.807, 2.05) is 6.07 Å². The van der Waals surface area contributed by atoms with Crippen molar-refractivity contribution in [2.24, 2.45) is 0 Å². The van der Waals surface area contributed by atoms with Crippen molar-refractivity contribution >= 4 is 22.2 Å². The molecule has 1 aliphatic heterocycles. The fraction of sp³-hybridized carbons (Fsp3) is 0.357. The number of nitrogens with two attached hydrogens (primary N) is 1. The van der Waals surface area contributed by atoms with E-state index in [4.69, 9.17) is 5.73 Å². The van der Waals surface area contributed by atoms with Crippen LogP contribution < -0.4 is 10.6 Å². The highest BCUT2D eigenvalue weighted by Crippen LogP contribution is 2.32. The summed E-state index contributed by atoms with van der Waals surface area (Å²) in [6, 6.07) is 6.18. The van der Waals surface area contributed by atoms with Crippen LogP contribution in [0.3, 0.4) is 0 Å². The fourth-order valence-corrected chi connectivity index (χ4v) is 3.27. The maximum absolute atomic E-state index is 10.4. The SMILES string of the molecule is CN1CCCc2cc(C(O)c3cnc(N)s3)ccc21. The lowest BCUT2D eigenvalue weighted by atomic mass is 9.97. The van der Waals surface area contributed by atoms with Gasteiger partial charge >= 0.3 is 0 Å². The average molecular weight is 275 g/mol. The zero-order valence-electron chi connectivity index (χ0n) is 10.8. The van der Waals surface area contributed by atoms with Gasteiger partial charge in [0.1, 0.15) is 6.10 Å². The molecule has 1 atom stereocenters. The Kier molecular flexibility index (Phi) is 3.16. The maximum Gasteiger partial charge on any atom is 0.180 e. The van der Waals surface area contributed by atoms with Crippen molar-refractivity contribution in [2.45, 2.75) is 18.9 Å². The van der Waals surface area contributed by atoms with Crippen molar-refractivity contribution in [2.75, 3.05) is 24.2 Å². The van der Waals surface area contributed by atoms with Gasteiger partial charge in [-0.15, -0.1) is 0 Å². The van der Waals surface area contributed by atoms with Crippen LogP contribution in [0.25, 0.3) is 0 Å². The topological polar surface area (TPSA) is 62.4 Å². The Morgan fingerprint density at radius 1 is 1.47 bits per heavy atom. The van der Waals surface area contributed by atoms with Gasteiger partial charge in [0, 0.05) is 25.5 Å². The van der Waals surface area contributed by atoms with Crippen molar-refractivity contribution in [1.29, 1.82) is 0 Å². The Balaban J connectivity index is 1.93. The van der Waals surface area contributed by atoms with E-state index in [0.717, 1.165) is 29.8 Å². The monoisotopic (exact) mass is 275 g/mol. The molecule has 3 rings (SSSR count). The van der Waals surface area contributed by atoms with E-state index in [9.17, 15) is 5.11 Å². The van der Waals surface area contributed by atoms with Crippen LogP contribution >= 0.6 is 11.3 Å². The molecule has 1 aromatic carbocycles. The smallest absolute Gasteiger partial charge is 0.180 e. The molecule has 5 heteroatoms. The summed E-state index contributed by atoms with van der Waals surface area (Å²) in [6.07, 6.45) is 3.25. The normalized spacial score (nSPS) is 16.2. The predicted molar refractivity (Wildman–Crippen MR) is 78.6 cm³/mol. The lowest BCUT2D eigenvalue weighted by Gasteiger charge is -2.28. The number of aliphatic hydroxyl groups excluding tert-OH is 1. The molecule has 4 nitrogen and oxygen atoms in total. The first-order chi connectivity index (χ1) is 9.15. The highest BCUT2D eigenvalue weighted by atomic mass is 32.1. The molecule has 0 bridgehead atoms. The summed E-state index contributed by atoms with van der Waals surface area (Å²) in [5.41, 5.74) is 9.11. The number of hydrogen-bond donors (Lipinski definition) is 2. The van der Waals surface area contributed by atoms with Gasteiger partial charge in [0.05, 0.1) is 4.88 Å². The first-order valence-corrected chi connectivity index (χ1v) is 7.20. The molecule has 0 amide bonds. The summed E-state index contributed by atoms with van der Waals surface area (Å²) >= 11 is 1.33. The highest BCUT2D eigenvalue weighted by Gasteiger charge is 2.18. The molecule has 1 aromatic heterocycles. The van der Waals surface area contributed by atoms with Gasteiger partial charge in [-0.25, -0.2) is 4.98 Å². The van der Waals surface area contributed by atoms with Crippen LogP contribution in [0.1, 0.15) is 28.5 Å². The molecular formula is C14H17N3OS. The lowest BCUT2D eigenvalue weighted by molar-refractivity contribution is 0.224. The number of aliphatic hydroxyl groups is 1. The van der Waals surface area contributed by atoms with Gasteiger partial charge in [0.2, 0.25) is 0 Å². The first-order valence-electron chi connectivity index (χ1n) is 6.38. The van der Waals surface area contributed by atoms with Crippen LogP contribution in [-0.2, 0) is 6.42 Å². The van der Waals surface area contributed by atoms with Gasteiger partial charge in [0.25, 0.3) is 0 Å². The molecule has 0 saturated heterocycles. The van der Waals surface area contributed by atoms with E-state index in [2.05, 4.69) is 29.1 Å². The molecule has 0 saturated carbocycles. The Hall–Kier alpha value is -1.59. The Labute approximate surface area is 116 Å². The molecule has 2 aromatic rings. The number of rotatable bonds is 2. The third kappa shape index (κ3) is 2.31. The molecule has 1 aliphatic rings. The largest absolute Gasteiger partial charge is 0.383 e. The Morgan fingerprint density at radius 2 is 2.32 bits per heavy atom. The molecule has 19 heavy (non-hydrogen) atoms. The minimum absolute atomic E-state index is 0.492. The third-order valence-corrected chi connectivity index (χ3v) is 4.46. The minimum atomic E-state index is -0.632. The first kappa shape index (κ1) is 12.4. The van der Waals surface area contributed by atoms with Crippen molar-refractivity contribution in [1.82, 2.24) is 4.98 Å². The third-order valence-electron chi connectivity index (χ3n) is 3.58. The zero-order valence-corrected chi connectivity index (χ0v) is 11.7. The maximum atomic E-state index is 10.4. The van der Waals surface area contributed by atoms with Crippen LogP contribution in [0.4, 0.5) is 10.8 Å². The molecular weight excluding hydrogens is 258 g/mol. The summed E-state index contributed by atoms with van der Waals surface area (Å²) in [5, 5.41) is 10.9. The van der Waals surface area contributed by atoms with Gasteiger partial charge in [-0.2, -0.15) is 0 Å². The number of nitrogens with zero attached hydrogens (tertiary/aromatic N) is 2. The quantitative estimate of drug-likeness (QED) is 0.882. The molecule has 3 N–H and O–H groups in total. The highest BCUT2D eigenvalue weighted by molar-refractivity contribution is 7.15. The van der Waals surface area contributed by atoms with Crippen LogP contribution in [0, 0.1) is 0 Å². The molecule has 0 aliphatic carbocycles. The van der Waals surface area contributed by atoms with E-state index in [-0.39, 0.29) is 0 Å². The second-order valence-electron chi connectivity index (χ2n) is 4.92. The van der Waals surface area contributed by atoms with Gasteiger partial charge in [-0.3, -0.25) is 0 Å². The summed E-state index contributed by atoms with van der Waals surface area (Å²) in [6.45, 7) is 1.10. The number of thiazole rings is 1. The molecule has 0 spiro atoms. The molecule has 100 valence electrons. The molecule has 0 fully saturated rings. The van der Waals surface area contributed by atoms with Crippen molar-refractivity contribution in [3.8, 4) is 0 Å². The predicted octanol–water partition coefficient (Wildman–Crippen LogP) is 2.19. The van der Waals surface area contributed by atoms with E-state index >= 15 is 0 Å². The number of fused-ring (bicyclic) bond motifs is 1. The number of benzene rings is 1. The van der Waals surface area contributed by atoms with Gasteiger partial charge in [-0.1, -0.05) is 23.5 Å². The standard InChI is InChI=1S/C14H17N3OS/c1-17-6-2-3-9-7-10(4-5-11(9)17)13(18)12-8-16-14(15)19-12/h4-5,7-8,13,18H,2-3,6H2,1H3,(H2,15,16). The number of anilines is 2. The summed E-state index contributed by atoms with van der Waals surface area (Å²) in [7, 11) is 2.11. The van der Waals surface area contributed by atoms with Gasteiger partial charge in [0.15, 0.2) is 5.13 Å². The summed E-state index contributed by atoms with van der Waals surface area (Å²) in [5.74, 6) is 0. The van der Waals surface area contributed by atoms with Gasteiger partial charge in [-0.05, 0) is 30.0 Å². The fourth-order valence-electron chi connectivity index (χ4n) is 2.57. The van der Waals surface area contributed by atoms with Crippen molar-refractivity contribution < 1.29 is 5.11 Å². The Bertz CT molecular complexity index is 596. The van der Waals surface area contributed by atoms with Crippen LogP contribution in [-0.4, -0.2) is 23.7 Å². The van der Waals surface area contributed by atoms with Crippen LogP contribution in [0.15, 0.2) is 24.4 Å². The summed E-state index contributed by atoms with van der Waals surface area (Å²) < 4.78 is 0. The van der Waals surface area contributed by atoms with E-state index in [0.29, 0.717) is 5.13 Å². The second-order valence-corrected chi connectivity index (χ2v) is 6.01. The van der Waals surface area contributed by atoms with E-state index in [1.54, 1.807) is 6.20 Å². The number of hydrogen-bond acceptors (Lipinski definition) is 5.